The third-order valence-electron chi connectivity index (χ3n) is 3.68. The average Bonchev–Trinajstić information content (AvgIpc) is 2.33. The van der Waals surface area contributed by atoms with Crippen molar-refractivity contribution in [3.63, 3.8) is 0 Å². The zero-order chi connectivity index (χ0) is 12.4. The van der Waals surface area contributed by atoms with Gasteiger partial charge in [-0.05, 0) is 25.0 Å². The van der Waals surface area contributed by atoms with Gasteiger partial charge in [-0.25, -0.2) is 0 Å². The van der Waals surface area contributed by atoms with Gasteiger partial charge in [0.25, 0.3) is 5.56 Å². The molecule has 1 N–H and O–H groups in total. The number of nitrogens with one attached hydrogen (secondary N) is 1. The molecular formula is C13H21N3O. The van der Waals surface area contributed by atoms with Crippen molar-refractivity contribution in [2.24, 2.45) is 7.05 Å². The molecule has 0 atom stereocenters. The van der Waals surface area contributed by atoms with Crippen molar-refractivity contribution in [1.29, 1.82) is 0 Å². The Bertz CT molecular complexity index is 458. The van der Waals surface area contributed by atoms with Gasteiger partial charge in [-0.2, -0.15) is 0 Å². The lowest BCUT2D eigenvalue weighted by molar-refractivity contribution is 0.232. The van der Waals surface area contributed by atoms with Crippen LogP contribution >= 0.6 is 0 Å². The van der Waals surface area contributed by atoms with Crippen LogP contribution in [0.15, 0.2) is 10.9 Å². The molecule has 17 heavy (non-hydrogen) atoms. The van der Waals surface area contributed by atoms with E-state index in [2.05, 4.69) is 10.2 Å². The van der Waals surface area contributed by atoms with Gasteiger partial charge in [0.1, 0.15) is 0 Å². The average molecular weight is 235 g/mol. The minimum atomic E-state index is 0.0871. The molecule has 94 valence electrons. The van der Waals surface area contributed by atoms with Gasteiger partial charge in [0, 0.05) is 51.5 Å². The second-order valence-electron chi connectivity index (χ2n) is 4.81. The molecule has 0 unspecified atom stereocenters. The monoisotopic (exact) mass is 235 g/mol. The highest BCUT2D eigenvalue weighted by molar-refractivity contribution is 5.29. The molecule has 0 aromatic carbocycles. The van der Waals surface area contributed by atoms with Crippen LogP contribution in [0.3, 0.4) is 0 Å². The molecule has 1 aliphatic heterocycles. The van der Waals surface area contributed by atoms with Crippen LogP contribution in [-0.2, 0) is 13.6 Å². The van der Waals surface area contributed by atoms with Crippen LogP contribution in [0.2, 0.25) is 0 Å². The molecule has 1 saturated heterocycles. The summed E-state index contributed by atoms with van der Waals surface area (Å²) in [5.41, 5.74) is 3.59. The minimum Gasteiger partial charge on any atom is -0.316 e. The number of aromatic nitrogens is 1. The molecule has 1 aromatic rings. The molecule has 0 aliphatic carbocycles. The Balaban J connectivity index is 2.25. The topological polar surface area (TPSA) is 37.3 Å². The summed E-state index contributed by atoms with van der Waals surface area (Å²) in [6, 6.07) is 1.74. The van der Waals surface area contributed by atoms with Crippen LogP contribution in [0.4, 0.5) is 0 Å². The Morgan fingerprint density at radius 3 is 2.59 bits per heavy atom. The van der Waals surface area contributed by atoms with Crippen molar-refractivity contribution in [3.05, 3.63) is 33.2 Å². The number of pyridine rings is 1. The van der Waals surface area contributed by atoms with Crippen molar-refractivity contribution in [3.8, 4) is 0 Å². The zero-order valence-corrected chi connectivity index (χ0v) is 10.9. The van der Waals surface area contributed by atoms with E-state index in [-0.39, 0.29) is 5.56 Å². The van der Waals surface area contributed by atoms with Gasteiger partial charge in [-0.15, -0.1) is 0 Å². The highest BCUT2D eigenvalue weighted by Gasteiger charge is 2.14. The lowest BCUT2D eigenvalue weighted by Gasteiger charge is -2.28. The summed E-state index contributed by atoms with van der Waals surface area (Å²) in [5.74, 6) is 0. The minimum absolute atomic E-state index is 0.0871. The van der Waals surface area contributed by atoms with Crippen LogP contribution in [0.1, 0.15) is 16.8 Å². The molecule has 0 saturated carbocycles. The molecule has 2 rings (SSSR count). The van der Waals surface area contributed by atoms with E-state index in [1.165, 1.54) is 5.56 Å². The highest BCUT2D eigenvalue weighted by atomic mass is 16.1. The molecule has 4 nitrogen and oxygen atoms in total. The maximum absolute atomic E-state index is 11.6. The van der Waals surface area contributed by atoms with E-state index in [4.69, 9.17) is 0 Å². The van der Waals surface area contributed by atoms with Crippen LogP contribution in [0, 0.1) is 13.8 Å². The van der Waals surface area contributed by atoms with E-state index in [9.17, 15) is 4.79 Å². The normalized spacial score (nSPS) is 17.4. The van der Waals surface area contributed by atoms with Gasteiger partial charge in [0.2, 0.25) is 0 Å². The first kappa shape index (κ1) is 12.3. The van der Waals surface area contributed by atoms with E-state index in [0.717, 1.165) is 44.0 Å². The second kappa shape index (κ2) is 5.02. The highest BCUT2D eigenvalue weighted by Crippen LogP contribution is 2.13. The fourth-order valence-electron chi connectivity index (χ4n) is 2.35. The van der Waals surface area contributed by atoms with Crippen molar-refractivity contribution >= 4 is 0 Å². The van der Waals surface area contributed by atoms with Gasteiger partial charge in [0.15, 0.2) is 0 Å². The SMILES string of the molecule is Cc1cc(=O)n(C)c(C)c1CN1CCNCC1. The number of nitrogens with zero attached hydrogens (tertiary/aromatic N) is 2. The fraction of sp³-hybridized carbons (Fsp3) is 0.615. The maximum atomic E-state index is 11.6. The Hall–Kier alpha value is -1.13. The lowest BCUT2D eigenvalue weighted by Crippen LogP contribution is -2.43. The molecular weight excluding hydrogens is 214 g/mol. The summed E-state index contributed by atoms with van der Waals surface area (Å²) in [4.78, 5) is 14.1. The van der Waals surface area contributed by atoms with E-state index in [0.29, 0.717) is 0 Å². The molecule has 0 spiro atoms. The standard InChI is InChI=1S/C13H21N3O/c1-10-8-13(17)15(3)11(2)12(10)9-16-6-4-14-5-7-16/h8,14H,4-7,9H2,1-3H3. The van der Waals surface area contributed by atoms with Crippen molar-refractivity contribution in [2.45, 2.75) is 20.4 Å². The largest absolute Gasteiger partial charge is 0.316 e. The maximum Gasteiger partial charge on any atom is 0.250 e. The van der Waals surface area contributed by atoms with Gasteiger partial charge in [-0.1, -0.05) is 0 Å². The fourth-order valence-corrected chi connectivity index (χ4v) is 2.35. The van der Waals surface area contributed by atoms with Crippen LogP contribution in [0.25, 0.3) is 0 Å². The molecule has 0 amide bonds. The number of hydrogen-bond donors (Lipinski definition) is 1. The van der Waals surface area contributed by atoms with Gasteiger partial charge in [0.05, 0.1) is 0 Å². The zero-order valence-electron chi connectivity index (χ0n) is 10.9. The second-order valence-corrected chi connectivity index (χ2v) is 4.81. The van der Waals surface area contributed by atoms with Gasteiger partial charge in [-0.3, -0.25) is 9.69 Å². The third kappa shape index (κ3) is 2.58. The van der Waals surface area contributed by atoms with Crippen LogP contribution in [0.5, 0.6) is 0 Å². The van der Waals surface area contributed by atoms with E-state index < -0.39 is 0 Å². The Morgan fingerprint density at radius 1 is 1.29 bits per heavy atom. The molecule has 1 aromatic heterocycles. The molecule has 0 radical (unpaired) electrons. The summed E-state index contributed by atoms with van der Waals surface area (Å²) in [7, 11) is 1.85. The van der Waals surface area contributed by atoms with Gasteiger partial charge < -0.3 is 9.88 Å². The third-order valence-corrected chi connectivity index (χ3v) is 3.68. The Kier molecular flexibility index (Phi) is 3.64. The van der Waals surface area contributed by atoms with Crippen LogP contribution < -0.4 is 10.9 Å². The molecule has 2 heterocycles. The summed E-state index contributed by atoms with van der Waals surface area (Å²) >= 11 is 0. The summed E-state index contributed by atoms with van der Waals surface area (Å²) in [6.07, 6.45) is 0. The van der Waals surface area contributed by atoms with Crippen LogP contribution in [-0.4, -0.2) is 35.6 Å². The number of aryl methyl sites for hydroxylation is 1. The smallest absolute Gasteiger partial charge is 0.250 e. The first-order valence-electron chi connectivity index (χ1n) is 6.19. The Morgan fingerprint density at radius 2 is 1.94 bits per heavy atom. The number of rotatable bonds is 2. The lowest BCUT2D eigenvalue weighted by atomic mass is 10.1. The number of piperazine rings is 1. The summed E-state index contributed by atoms with van der Waals surface area (Å²) < 4.78 is 1.74. The van der Waals surface area contributed by atoms with Crippen molar-refractivity contribution in [1.82, 2.24) is 14.8 Å². The summed E-state index contributed by atoms with van der Waals surface area (Å²) in [6.45, 7) is 9.31. The van der Waals surface area contributed by atoms with E-state index >= 15 is 0 Å². The molecule has 1 aliphatic rings. The first-order valence-corrected chi connectivity index (χ1v) is 6.19. The van der Waals surface area contributed by atoms with E-state index in [1.54, 1.807) is 10.6 Å². The molecule has 0 bridgehead atoms. The Labute approximate surface area is 102 Å². The van der Waals surface area contributed by atoms with Crippen molar-refractivity contribution in [2.75, 3.05) is 26.2 Å². The van der Waals surface area contributed by atoms with Gasteiger partial charge >= 0.3 is 0 Å². The quantitative estimate of drug-likeness (QED) is 0.806. The van der Waals surface area contributed by atoms with E-state index in [1.807, 2.05) is 20.9 Å². The predicted molar refractivity (Wildman–Crippen MR) is 69.3 cm³/mol. The predicted octanol–water partition coefficient (Wildman–Crippen LogP) is 0.407. The summed E-state index contributed by atoms with van der Waals surface area (Å²) in [5, 5.41) is 3.35. The molecule has 1 fully saturated rings. The van der Waals surface area contributed by atoms with Crippen molar-refractivity contribution < 1.29 is 0 Å². The number of hydrogen-bond acceptors (Lipinski definition) is 3. The molecule has 4 heteroatoms. The first-order chi connectivity index (χ1) is 8.09.